The van der Waals surface area contributed by atoms with Crippen molar-refractivity contribution in [2.24, 2.45) is 0 Å². The summed E-state index contributed by atoms with van der Waals surface area (Å²) in [7, 11) is 0. The number of nitrogens with zero attached hydrogens (tertiary/aromatic N) is 3. The van der Waals surface area contributed by atoms with Gasteiger partial charge in [0.05, 0.1) is 24.1 Å². The Bertz CT molecular complexity index is 555. The predicted octanol–water partition coefficient (Wildman–Crippen LogP) is 3.07. The minimum absolute atomic E-state index is 0.111. The van der Waals surface area contributed by atoms with Gasteiger partial charge in [0.2, 0.25) is 0 Å². The third-order valence-electron chi connectivity index (χ3n) is 2.44. The van der Waals surface area contributed by atoms with Crippen LogP contribution in [0.25, 0.3) is 11.0 Å². The molecule has 18 heavy (non-hydrogen) atoms. The van der Waals surface area contributed by atoms with Crippen LogP contribution in [0.5, 0.6) is 0 Å². The zero-order valence-corrected chi connectivity index (χ0v) is 9.71. The lowest BCUT2D eigenvalue weighted by atomic mass is 10.3. The van der Waals surface area contributed by atoms with Crippen LogP contribution in [0.15, 0.2) is 18.5 Å². The van der Waals surface area contributed by atoms with Crippen molar-refractivity contribution in [3.8, 4) is 0 Å². The predicted molar refractivity (Wildman–Crippen MR) is 58.0 cm³/mol. The summed E-state index contributed by atoms with van der Waals surface area (Å²) >= 11 is 5.58. The third kappa shape index (κ3) is 2.27. The molecular weight excluding hydrogens is 274 g/mol. The Morgan fingerprint density at radius 1 is 1.39 bits per heavy atom. The molecule has 0 N–H and O–H groups in total. The lowest BCUT2D eigenvalue weighted by molar-refractivity contribution is -0.137. The van der Waals surface area contributed by atoms with E-state index in [2.05, 4.69) is 9.97 Å². The number of aromatic nitrogens is 3. The van der Waals surface area contributed by atoms with Crippen LogP contribution in [-0.2, 0) is 12.4 Å². The molecule has 0 saturated carbocycles. The number of hydrogen-bond donors (Lipinski definition) is 0. The highest BCUT2D eigenvalue weighted by molar-refractivity contribution is 6.16. The Kier molecular flexibility index (Phi) is 3.43. The van der Waals surface area contributed by atoms with Gasteiger partial charge in [-0.05, 0) is 6.07 Å². The van der Waals surface area contributed by atoms with E-state index >= 15 is 0 Å². The van der Waals surface area contributed by atoms with Gasteiger partial charge in [-0.25, -0.2) is 13.8 Å². The molecule has 0 radical (unpaired) electrons. The van der Waals surface area contributed by atoms with Crippen molar-refractivity contribution < 1.29 is 17.6 Å². The van der Waals surface area contributed by atoms with Gasteiger partial charge in [-0.1, -0.05) is 0 Å². The Morgan fingerprint density at radius 3 is 2.72 bits per heavy atom. The summed E-state index contributed by atoms with van der Waals surface area (Å²) in [5.41, 5.74) is 0.652. The third-order valence-corrected chi connectivity index (χ3v) is 2.68. The molecule has 98 valence electrons. The first-order valence-corrected chi connectivity index (χ1v) is 5.50. The van der Waals surface area contributed by atoms with Crippen LogP contribution in [0.2, 0.25) is 0 Å². The van der Waals surface area contributed by atoms with Gasteiger partial charge in [-0.15, -0.1) is 11.6 Å². The molecule has 0 saturated heterocycles. The van der Waals surface area contributed by atoms with Crippen molar-refractivity contribution in [1.29, 1.82) is 0 Å². The number of halogens is 5. The highest BCUT2D eigenvalue weighted by Gasteiger charge is 2.41. The van der Waals surface area contributed by atoms with E-state index in [1.807, 2.05) is 0 Å². The molecule has 2 aromatic rings. The van der Waals surface area contributed by atoms with E-state index in [1.54, 1.807) is 0 Å². The van der Waals surface area contributed by atoms with Gasteiger partial charge >= 0.3 is 12.3 Å². The smallest absolute Gasteiger partial charge is 0.321 e. The molecule has 0 aliphatic rings. The van der Waals surface area contributed by atoms with E-state index in [9.17, 15) is 17.6 Å². The van der Waals surface area contributed by atoms with Crippen LogP contribution in [0.1, 0.15) is 5.82 Å². The molecule has 0 bridgehead atoms. The number of hydrogen-bond acceptors (Lipinski definition) is 2. The van der Waals surface area contributed by atoms with Gasteiger partial charge in [0.1, 0.15) is 11.3 Å². The molecule has 0 aliphatic carbocycles. The maximum absolute atomic E-state index is 13.1. The Labute approximate surface area is 104 Å². The zero-order valence-electron chi connectivity index (χ0n) is 8.96. The van der Waals surface area contributed by atoms with Gasteiger partial charge in [0.25, 0.3) is 0 Å². The van der Waals surface area contributed by atoms with Gasteiger partial charge in [-0.3, -0.25) is 4.98 Å². The summed E-state index contributed by atoms with van der Waals surface area (Å²) in [6.07, 6.45) is -0.999. The number of fused-ring (bicyclic) bond motifs is 1. The molecule has 2 heterocycles. The molecule has 2 aromatic heterocycles. The largest absolute Gasteiger partial charge is 0.324 e. The van der Waals surface area contributed by atoms with Gasteiger partial charge in [0, 0.05) is 6.20 Å². The second-order valence-electron chi connectivity index (χ2n) is 3.67. The van der Waals surface area contributed by atoms with Gasteiger partial charge in [0.15, 0.2) is 0 Å². The lowest BCUT2D eigenvalue weighted by Gasteiger charge is -2.17. The van der Waals surface area contributed by atoms with Gasteiger partial charge in [-0.2, -0.15) is 8.78 Å². The molecular formula is C10H8ClF4N3. The van der Waals surface area contributed by atoms with E-state index in [-0.39, 0.29) is 11.7 Å². The van der Waals surface area contributed by atoms with Gasteiger partial charge < -0.3 is 4.57 Å². The summed E-state index contributed by atoms with van der Waals surface area (Å²) in [4.78, 5) is 7.74. The van der Waals surface area contributed by atoms with Crippen LogP contribution in [0, 0.1) is 0 Å². The fourth-order valence-corrected chi connectivity index (χ4v) is 1.79. The normalized spacial score (nSPS) is 12.6. The zero-order chi connectivity index (χ0) is 13.3. The number of imidazole rings is 1. The number of alkyl halides is 5. The molecule has 0 unspecified atom stereocenters. The van der Waals surface area contributed by atoms with E-state index in [1.165, 1.54) is 18.5 Å². The Morgan fingerprint density at radius 2 is 2.11 bits per heavy atom. The standard InChI is InChI=1S/C10H8ClF4N3/c11-3-8-17-6-4-16-2-1-7(6)18(8)5-10(14,15)9(12)13/h1-2,4,9H,3,5H2. The fraction of sp³-hybridized carbons (Fsp3) is 0.400. The van der Waals surface area contributed by atoms with Crippen LogP contribution in [0.4, 0.5) is 17.6 Å². The number of rotatable bonds is 4. The second-order valence-corrected chi connectivity index (χ2v) is 3.94. The molecule has 3 nitrogen and oxygen atoms in total. The minimum Gasteiger partial charge on any atom is -0.321 e. The van der Waals surface area contributed by atoms with Crippen molar-refractivity contribution in [2.75, 3.05) is 0 Å². The van der Waals surface area contributed by atoms with Crippen LogP contribution in [0.3, 0.4) is 0 Å². The topological polar surface area (TPSA) is 30.7 Å². The van der Waals surface area contributed by atoms with Crippen molar-refractivity contribution >= 4 is 22.6 Å². The maximum atomic E-state index is 13.1. The molecule has 8 heteroatoms. The number of pyridine rings is 1. The van der Waals surface area contributed by atoms with Crippen molar-refractivity contribution in [3.63, 3.8) is 0 Å². The van der Waals surface area contributed by atoms with Crippen LogP contribution in [-0.4, -0.2) is 26.9 Å². The molecule has 0 aromatic carbocycles. The molecule has 0 amide bonds. The monoisotopic (exact) mass is 281 g/mol. The van der Waals surface area contributed by atoms with E-state index in [4.69, 9.17) is 11.6 Å². The van der Waals surface area contributed by atoms with Crippen molar-refractivity contribution in [3.05, 3.63) is 24.3 Å². The fourth-order valence-electron chi connectivity index (χ4n) is 1.59. The minimum atomic E-state index is -4.13. The summed E-state index contributed by atoms with van der Waals surface area (Å²) < 4.78 is 51.6. The average Bonchev–Trinajstić information content (AvgIpc) is 2.67. The van der Waals surface area contributed by atoms with E-state index in [0.717, 1.165) is 4.57 Å². The molecule has 0 atom stereocenters. The van der Waals surface area contributed by atoms with Crippen LogP contribution < -0.4 is 0 Å². The van der Waals surface area contributed by atoms with Crippen molar-refractivity contribution in [2.45, 2.75) is 24.8 Å². The summed E-state index contributed by atoms with van der Waals surface area (Å²) in [6.45, 7) is -1.16. The molecule has 0 aliphatic heterocycles. The second kappa shape index (κ2) is 4.72. The highest BCUT2D eigenvalue weighted by atomic mass is 35.5. The maximum Gasteiger partial charge on any atom is 0.324 e. The Hall–Kier alpha value is -1.37. The van der Waals surface area contributed by atoms with E-state index < -0.39 is 18.9 Å². The first kappa shape index (κ1) is 13.1. The summed E-state index contributed by atoms with van der Waals surface area (Å²) in [5, 5.41) is 0. The lowest BCUT2D eigenvalue weighted by Crippen LogP contribution is -2.32. The average molecular weight is 282 g/mol. The summed E-state index contributed by atoms with van der Waals surface area (Å²) in [5.74, 6) is -4.16. The molecule has 0 spiro atoms. The highest BCUT2D eigenvalue weighted by Crippen LogP contribution is 2.28. The van der Waals surface area contributed by atoms with Crippen molar-refractivity contribution in [1.82, 2.24) is 14.5 Å². The molecule has 0 fully saturated rings. The summed E-state index contributed by atoms with van der Waals surface area (Å²) in [6, 6.07) is 1.43. The molecule has 2 rings (SSSR count). The first-order valence-electron chi connectivity index (χ1n) is 4.97. The van der Waals surface area contributed by atoms with Crippen LogP contribution >= 0.6 is 11.6 Å². The SMILES string of the molecule is FC(F)C(F)(F)Cn1c(CCl)nc2cnccc21. The first-order chi connectivity index (χ1) is 8.45. The quantitative estimate of drug-likeness (QED) is 0.637. The van der Waals surface area contributed by atoms with E-state index in [0.29, 0.717) is 11.0 Å². The Balaban J connectivity index is 2.49.